The lowest BCUT2D eigenvalue weighted by molar-refractivity contribution is 0.0931. The zero-order chi connectivity index (χ0) is 27.1. The molecule has 0 bridgehead atoms. The highest BCUT2D eigenvalue weighted by atomic mass is 16.5. The summed E-state index contributed by atoms with van der Waals surface area (Å²) in [6.45, 7) is 8.35. The number of nitrogens with two attached hydrogens (primary N) is 1. The Morgan fingerprint density at radius 3 is 2.82 bits per heavy atom. The van der Waals surface area contributed by atoms with Gasteiger partial charge in [0, 0.05) is 50.7 Å². The number of piperidine rings is 1. The van der Waals surface area contributed by atoms with E-state index in [4.69, 9.17) is 30.2 Å². The van der Waals surface area contributed by atoms with Crippen LogP contribution in [0, 0.1) is 5.41 Å². The molecule has 1 spiro atoms. The molecule has 2 saturated heterocycles. The Morgan fingerprint density at radius 2 is 2.08 bits per heavy atom. The predicted molar refractivity (Wildman–Crippen MR) is 147 cm³/mol. The second-order valence-electron chi connectivity index (χ2n) is 11.1. The Labute approximate surface area is 227 Å². The number of fused-ring (bicyclic) bond motifs is 2. The van der Waals surface area contributed by atoms with Crippen LogP contribution in [-0.4, -0.2) is 89.7 Å². The lowest BCUT2D eigenvalue weighted by atomic mass is 9.73. The van der Waals surface area contributed by atoms with Crippen molar-refractivity contribution < 1.29 is 14.3 Å². The van der Waals surface area contributed by atoms with Gasteiger partial charge in [-0.05, 0) is 38.3 Å². The van der Waals surface area contributed by atoms with Crippen LogP contribution >= 0.6 is 0 Å². The van der Waals surface area contributed by atoms with Gasteiger partial charge in [0.1, 0.15) is 11.5 Å². The van der Waals surface area contributed by atoms with Crippen LogP contribution in [0.1, 0.15) is 55.2 Å². The molecule has 3 aromatic heterocycles. The van der Waals surface area contributed by atoms with Gasteiger partial charge >= 0.3 is 0 Å². The van der Waals surface area contributed by atoms with E-state index in [9.17, 15) is 4.79 Å². The molecule has 39 heavy (non-hydrogen) atoms. The van der Waals surface area contributed by atoms with E-state index in [2.05, 4.69) is 39.2 Å². The van der Waals surface area contributed by atoms with Gasteiger partial charge in [0.15, 0.2) is 17.0 Å². The Hall–Kier alpha value is -3.35. The van der Waals surface area contributed by atoms with Gasteiger partial charge in [-0.25, -0.2) is 15.0 Å². The third-order valence-corrected chi connectivity index (χ3v) is 8.69. The van der Waals surface area contributed by atoms with Gasteiger partial charge in [-0.3, -0.25) is 9.89 Å². The standard InChI is InChI=1S/C27H37N9O3/c1-16-6-10-36(19-5-4-18(31-21(16)19)26(37)29-9-13-38-3)25-22-24(33-34-25)32-20(14-30-22)35-11-7-27(8-12-35)15-39-17(2)23(27)28/h4-5,14,16-17,23H,6-13,15,28H2,1-3H3,(H,29,37)(H,32,33,34)/t16?,17-,23+/m0/s1. The number of anilines is 3. The summed E-state index contributed by atoms with van der Waals surface area (Å²) in [6.07, 6.45) is 4.79. The monoisotopic (exact) mass is 535 g/mol. The molecule has 3 aliphatic heterocycles. The number of hydrogen-bond acceptors (Lipinski definition) is 10. The molecule has 1 amide bonds. The molecule has 0 aliphatic carbocycles. The average Bonchev–Trinajstić information content (AvgIpc) is 3.50. The largest absolute Gasteiger partial charge is 0.383 e. The first-order chi connectivity index (χ1) is 18.9. The fraction of sp³-hybridized carbons (Fsp3) is 0.593. The molecule has 6 heterocycles. The summed E-state index contributed by atoms with van der Waals surface area (Å²) < 4.78 is 10.9. The smallest absolute Gasteiger partial charge is 0.269 e. The van der Waals surface area contributed by atoms with Crippen LogP contribution in [0.3, 0.4) is 0 Å². The number of aromatic nitrogens is 5. The van der Waals surface area contributed by atoms with Crippen molar-refractivity contribution in [2.45, 2.75) is 51.2 Å². The molecule has 12 nitrogen and oxygen atoms in total. The summed E-state index contributed by atoms with van der Waals surface area (Å²) in [6, 6.07) is 3.79. The Kier molecular flexibility index (Phi) is 6.86. The molecule has 6 rings (SSSR count). The molecule has 2 fully saturated rings. The van der Waals surface area contributed by atoms with Crippen molar-refractivity contribution in [3.8, 4) is 0 Å². The number of methoxy groups -OCH3 is 1. The van der Waals surface area contributed by atoms with Crippen LogP contribution < -0.4 is 20.9 Å². The fourth-order valence-corrected chi connectivity index (χ4v) is 6.12. The number of aromatic amines is 1. The van der Waals surface area contributed by atoms with E-state index in [1.807, 2.05) is 12.3 Å². The average molecular weight is 536 g/mol. The van der Waals surface area contributed by atoms with Gasteiger partial charge in [-0.2, -0.15) is 5.10 Å². The highest BCUT2D eigenvalue weighted by Gasteiger charge is 2.47. The normalized spacial score (nSPS) is 24.4. The lowest BCUT2D eigenvalue weighted by Crippen LogP contribution is -2.50. The first-order valence-electron chi connectivity index (χ1n) is 13.8. The second-order valence-corrected chi connectivity index (χ2v) is 11.1. The van der Waals surface area contributed by atoms with E-state index in [0.717, 1.165) is 68.5 Å². The third kappa shape index (κ3) is 4.60. The number of carbonyl (C=O) groups is 1. The molecule has 208 valence electrons. The highest BCUT2D eigenvalue weighted by Crippen LogP contribution is 2.42. The van der Waals surface area contributed by atoms with Crippen molar-refractivity contribution in [1.29, 1.82) is 0 Å². The zero-order valence-electron chi connectivity index (χ0n) is 22.8. The van der Waals surface area contributed by atoms with Crippen LogP contribution in [0.15, 0.2) is 18.3 Å². The summed E-state index contributed by atoms with van der Waals surface area (Å²) in [4.78, 5) is 31.4. The first kappa shape index (κ1) is 25.9. The number of ether oxygens (including phenoxy) is 2. The molecule has 0 aromatic carbocycles. The van der Waals surface area contributed by atoms with Gasteiger partial charge in [0.25, 0.3) is 5.91 Å². The molecule has 3 aromatic rings. The van der Waals surface area contributed by atoms with Crippen molar-refractivity contribution in [3.63, 3.8) is 0 Å². The third-order valence-electron chi connectivity index (χ3n) is 8.69. The van der Waals surface area contributed by atoms with E-state index in [1.54, 1.807) is 13.2 Å². The van der Waals surface area contributed by atoms with Crippen molar-refractivity contribution >= 4 is 34.4 Å². The van der Waals surface area contributed by atoms with E-state index >= 15 is 0 Å². The van der Waals surface area contributed by atoms with Crippen molar-refractivity contribution in [2.75, 3.05) is 56.3 Å². The van der Waals surface area contributed by atoms with Gasteiger partial charge in [-0.15, -0.1) is 0 Å². The quantitative estimate of drug-likeness (QED) is 0.401. The van der Waals surface area contributed by atoms with Gasteiger partial charge in [0.2, 0.25) is 0 Å². The number of nitrogens with one attached hydrogen (secondary N) is 2. The maximum absolute atomic E-state index is 12.6. The number of H-pyrrole nitrogens is 1. The van der Waals surface area contributed by atoms with E-state index in [0.29, 0.717) is 30.0 Å². The van der Waals surface area contributed by atoms with Crippen LogP contribution in [0.25, 0.3) is 11.2 Å². The van der Waals surface area contributed by atoms with Crippen LogP contribution in [0.2, 0.25) is 0 Å². The van der Waals surface area contributed by atoms with Gasteiger partial charge < -0.3 is 30.3 Å². The molecule has 0 radical (unpaired) electrons. The number of nitrogens with zero attached hydrogens (tertiary/aromatic N) is 6. The Bertz CT molecular complexity index is 1350. The van der Waals surface area contributed by atoms with Crippen molar-refractivity contribution in [2.24, 2.45) is 11.1 Å². The molecule has 1 unspecified atom stereocenters. The SMILES string of the molecule is COCCNC(=O)c1ccc2c(n1)C(C)CCN2c1n[nH]c2nc(N3CCC4(CC3)CO[C@@H](C)[C@H]4N)cnc12. The number of carbonyl (C=O) groups excluding carboxylic acids is 1. The lowest BCUT2D eigenvalue weighted by Gasteiger charge is -2.41. The summed E-state index contributed by atoms with van der Waals surface area (Å²) in [5.41, 5.74) is 10.1. The fourth-order valence-electron chi connectivity index (χ4n) is 6.12. The Balaban J connectivity index is 1.21. The molecular formula is C27H37N9O3. The van der Waals surface area contributed by atoms with E-state index in [-0.39, 0.29) is 29.4 Å². The summed E-state index contributed by atoms with van der Waals surface area (Å²) >= 11 is 0. The molecule has 3 aliphatic rings. The number of amides is 1. The maximum atomic E-state index is 12.6. The van der Waals surface area contributed by atoms with Crippen LogP contribution in [-0.2, 0) is 9.47 Å². The second kappa shape index (κ2) is 10.3. The predicted octanol–water partition coefficient (Wildman–Crippen LogP) is 2.10. The minimum atomic E-state index is -0.205. The van der Waals surface area contributed by atoms with Crippen molar-refractivity contribution in [3.05, 3.63) is 29.7 Å². The van der Waals surface area contributed by atoms with Gasteiger partial charge in [0.05, 0.1) is 36.9 Å². The Morgan fingerprint density at radius 1 is 1.26 bits per heavy atom. The molecule has 3 atom stereocenters. The first-order valence-corrected chi connectivity index (χ1v) is 13.8. The zero-order valence-corrected chi connectivity index (χ0v) is 22.8. The van der Waals surface area contributed by atoms with Crippen LogP contribution in [0.4, 0.5) is 17.3 Å². The van der Waals surface area contributed by atoms with E-state index < -0.39 is 0 Å². The van der Waals surface area contributed by atoms with Gasteiger partial charge in [-0.1, -0.05) is 6.92 Å². The number of hydrogen-bond donors (Lipinski definition) is 3. The minimum absolute atomic E-state index is 0.0614. The molecular weight excluding hydrogens is 498 g/mol. The van der Waals surface area contributed by atoms with Crippen LogP contribution in [0.5, 0.6) is 0 Å². The summed E-state index contributed by atoms with van der Waals surface area (Å²) in [5.74, 6) is 1.57. The molecule has 12 heteroatoms. The van der Waals surface area contributed by atoms with E-state index in [1.165, 1.54) is 0 Å². The highest BCUT2D eigenvalue weighted by molar-refractivity contribution is 5.93. The number of pyridine rings is 1. The maximum Gasteiger partial charge on any atom is 0.269 e. The summed E-state index contributed by atoms with van der Waals surface area (Å²) in [5, 5.41) is 10.6. The molecule has 4 N–H and O–H groups in total. The number of rotatable bonds is 6. The minimum Gasteiger partial charge on any atom is -0.383 e. The topological polar surface area (TPSA) is 147 Å². The summed E-state index contributed by atoms with van der Waals surface area (Å²) in [7, 11) is 1.61. The molecule has 0 saturated carbocycles. The van der Waals surface area contributed by atoms with Crippen molar-refractivity contribution in [1.82, 2.24) is 30.5 Å².